The van der Waals surface area contributed by atoms with E-state index in [9.17, 15) is 9.90 Å². The molecule has 0 saturated heterocycles. The molecule has 9 heteroatoms. The van der Waals surface area contributed by atoms with Crippen molar-refractivity contribution in [2.75, 3.05) is 18.4 Å². The molecule has 0 aliphatic heterocycles. The normalized spacial score (nSPS) is 11.6. The summed E-state index contributed by atoms with van der Waals surface area (Å²) in [6.07, 6.45) is 4.41. The number of amides is 1. The molecule has 0 saturated carbocycles. The molecule has 8 nitrogen and oxygen atoms in total. The molecule has 35 heavy (non-hydrogen) atoms. The van der Waals surface area contributed by atoms with Gasteiger partial charge in [-0.05, 0) is 74.8 Å². The summed E-state index contributed by atoms with van der Waals surface area (Å²) in [7, 11) is 0. The van der Waals surface area contributed by atoms with E-state index in [1.165, 1.54) is 11.8 Å². The Hall–Kier alpha value is -3.43. The van der Waals surface area contributed by atoms with E-state index in [1.54, 1.807) is 30.8 Å². The van der Waals surface area contributed by atoms with Gasteiger partial charge in [-0.1, -0.05) is 19.1 Å². The standard InChI is InChI=1S/C26H30N6O2S/c1-5-11-28-25(33)19-10-9-18(13-17(19)2)21-15-29-24-20(30-16-26(3,4)34)14-23(31-32(21)24)35-22-8-6-7-12-27-22/h6-10,12-15,30,34H,5,11,16H2,1-4H3,(H,28,33). The Bertz CT molecular complexity index is 1330. The molecule has 1 aromatic carbocycles. The molecule has 0 spiro atoms. The number of hydrogen-bond donors (Lipinski definition) is 3. The summed E-state index contributed by atoms with van der Waals surface area (Å²) in [6, 6.07) is 13.4. The van der Waals surface area contributed by atoms with E-state index in [2.05, 4.69) is 20.6 Å². The van der Waals surface area contributed by atoms with Gasteiger partial charge < -0.3 is 15.7 Å². The highest BCUT2D eigenvalue weighted by Gasteiger charge is 2.18. The lowest BCUT2D eigenvalue weighted by molar-refractivity contribution is 0.0941. The van der Waals surface area contributed by atoms with Gasteiger partial charge in [-0.15, -0.1) is 0 Å². The van der Waals surface area contributed by atoms with E-state index in [1.807, 2.05) is 56.3 Å². The lowest BCUT2D eigenvalue weighted by atomic mass is 10.0. The predicted octanol–water partition coefficient (Wildman–Crippen LogP) is 4.57. The predicted molar refractivity (Wildman–Crippen MR) is 139 cm³/mol. The minimum Gasteiger partial charge on any atom is -0.389 e. The Labute approximate surface area is 209 Å². The third-order valence-corrected chi connectivity index (χ3v) is 6.17. The maximum atomic E-state index is 12.5. The number of aromatic nitrogens is 4. The molecular weight excluding hydrogens is 460 g/mol. The van der Waals surface area contributed by atoms with Crippen molar-refractivity contribution in [2.45, 2.75) is 49.8 Å². The van der Waals surface area contributed by atoms with Crippen LogP contribution in [0.15, 0.2) is 64.9 Å². The van der Waals surface area contributed by atoms with Crippen LogP contribution < -0.4 is 10.6 Å². The molecular formula is C26H30N6O2S. The van der Waals surface area contributed by atoms with Gasteiger partial charge in [-0.3, -0.25) is 4.79 Å². The molecule has 4 aromatic rings. The van der Waals surface area contributed by atoms with Crippen LogP contribution in [-0.4, -0.2) is 49.3 Å². The van der Waals surface area contributed by atoms with E-state index in [0.717, 1.165) is 39.0 Å². The van der Waals surface area contributed by atoms with Gasteiger partial charge in [0.1, 0.15) is 10.1 Å². The molecule has 0 radical (unpaired) electrons. The number of anilines is 1. The fourth-order valence-corrected chi connectivity index (χ4v) is 4.33. The smallest absolute Gasteiger partial charge is 0.251 e. The van der Waals surface area contributed by atoms with Gasteiger partial charge in [0.2, 0.25) is 0 Å². The molecule has 182 valence electrons. The summed E-state index contributed by atoms with van der Waals surface area (Å²) in [6.45, 7) is 8.45. The minimum absolute atomic E-state index is 0.0701. The summed E-state index contributed by atoms with van der Waals surface area (Å²) in [5, 5.41) is 22.9. The molecule has 0 unspecified atom stereocenters. The zero-order valence-electron chi connectivity index (χ0n) is 20.4. The molecule has 3 N–H and O–H groups in total. The Morgan fingerprint density at radius 2 is 1.97 bits per heavy atom. The van der Waals surface area contributed by atoms with Crippen LogP contribution in [0, 0.1) is 6.92 Å². The highest BCUT2D eigenvalue weighted by molar-refractivity contribution is 7.99. The second-order valence-corrected chi connectivity index (χ2v) is 10.0. The minimum atomic E-state index is -0.894. The van der Waals surface area contributed by atoms with Gasteiger partial charge in [-0.25, -0.2) is 14.5 Å². The number of carbonyl (C=O) groups excluding carboxylic acids is 1. The Morgan fingerprint density at radius 3 is 2.66 bits per heavy atom. The lowest BCUT2D eigenvalue weighted by Gasteiger charge is -2.19. The summed E-state index contributed by atoms with van der Waals surface area (Å²) in [5.74, 6) is -0.0701. The molecule has 0 aliphatic rings. The van der Waals surface area contributed by atoms with Crippen LogP contribution >= 0.6 is 11.8 Å². The third kappa shape index (κ3) is 5.98. The van der Waals surface area contributed by atoms with E-state index in [4.69, 9.17) is 5.10 Å². The van der Waals surface area contributed by atoms with Crippen LogP contribution in [0.2, 0.25) is 0 Å². The van der Waals surface area contributed by atoms with Gasteiger partial charge in [-0.2, -0.15) is 5.10 Å². The largest absolute Gasteiger partial charge is 0.389 e. The molecule has 4 rings (SSSR count). The van der Waals surface area contributed by atoms with E-state index >= 15 is 0 Å². The lowest BCUT2D eigenvalue weighted by Crippen LogP contribution is -2.29. The van der Waals surface area contributed by atoms with Crippen molar-refractivity contribution in [1.82, 2.24) is 24.9 Å². The SMILES string of the molecule is CCCNC(=O)c1ccc(-c2cnc3c(NCC(C)(C)O)cc(Sc4ccccn4)nn23)cc1C. The molecule has 1 amide bonds. The second-order valence-electron chi connectivity index (χ2n) is 9.00. The average molecular weight is 491 g/mol. The number of fused-ring (bicyclic) bond motifs is 1. The second kappa shape index (κ2) is 10.5. The number of nitrogens with zero attached hydrogens (tertiary/aromatic N) is 4. The molecule has 0 bridgehead atoms. The first-order chi connectivity index (χ1) is 16.7. The molecule has 0 fully saturated rings. The summed E-state index contributed by atoms with van der Waals surface area (Å²) in [5.41, 5.74) is 3.76. The van der Waals surface area contributed by atoms with Crippen LogP contribution in [-0.2, 0) is 0 Å². The van der Waals surface area contributed by atoms with Crippen molar-refractivity contribution in [3.63, 3.8) is 0 Å². The van der Waals surface area contributed by atoms with Crippen molar-refractivity contribution in [3.8, 4) is 11.3 Å². The van der Waals surface area contributed by atoms with Crippen molar-refractivity contribution in [1.29, 1.82) is 0 Å². The highest BCUT2D eigenvalue weighted by atomic mass is 32.2. The fourth-order valence-electron chi connectivity index (χ4n) is 3.56. The number of hydrogen-bond acceptors (Lipinski definition) is 7. The number of aliphatic hydroxyl groups is 1. The number of rotatable bonds is 9. The van der Waals surface area contributed by atoms with Crippen LogP contribution in [0.1, 0.15) is 43.1 Å². The zero-order chi connectivity index (χ0) is 25.0. The first kappa shape index (κ1) is 24.7. The Kier molecular flexibility index (Phi) is 7.37. The third-order valence-electron chi connectivity index (χ3n) is 5.31. The monoisotopic (exact) mass is 490 g/mol. The molecule has 0 aliphatic carbocycles. The molecule has 0 atom stereocenters. The van der Waals surface area contributed by atoms with Crippen LogP contribution in [0.4, 0.5) is 5.69 Å². The van der Waals surface area contributed by atoms with Gasteiger partial charge in [0.05, 0.1) is 23.2 Å². The van der Waals surface area contributed by atoms with Crippen molar-refractivity contribution in [2.24, 2.45) is 0 Å². The number of nitrogens with one attached hydrogen (secondary N) is 2. The number of pyridine rings is 1. The number of carbonyl (C=O) groups is 1. The van der Waals surface area contributed by atoms with E-state index in [0.29, 0.717) is 24.3 Å². The fraction of sp³-hybridized carbons (Fsp3) is 0.308. The number of aryl methyl sites for hydroxylation is 1. The van der Waals surface area contributed by atoms with E-state index < -0.39 is 5.60 Å². The van der Waals surface area contributed by atoms with Crippen molar-refractivity contribution < 1.29 is 9.90 Å². The average Bonchev–Trinajstić information content (AvgIpc) is 3.25. The molecule has 3 aromatic heterocycles. The summed E-state index contributed by atoms with van der Waals surface area (Å²) >= 11 is 1.45. The Balaban J connectivity index is 1.75. The zero-order valence-corrected chi connectivity index (χ0v) is 21.2. The maximum absolute atomic E-state index is 12.5. The van der Waals surface area contributed by atoms with Crippen LogP contribution in [0.25, 0.3) is 16.9 Å². The topological polar surface area (TPSA) is 104 Å². The van der Waals surface area contributed by atoms with Gasteiger partial charge in [0, 0.05) is 30.4 Å². The number of benzene rings is 1. The van der Waals surface area contributed by atoms with Crippen LogP contribution in [0.5, 0.6) is 0 Å². The summed E-state index contributed by atoms with van der Waals surface area (Å²) in [4.78, 5) is 21.5. The first-order valence-corrected chi connectivity index (χ1v) is 12.4. The van der Waals surface area contributed by atoms with Gasteiger partial charge in [0.15, 0.2) is 5.65 Å². The molecule has 3 heterocycles. The quantitative estimate of drug-likeness (QED) is 0.316. The van der Waals surface area contributed by atoms with Gasteiger partial charge in [0.25, 0.3) is 5.91 Å². The van der Waals surface area contributed by atoms with Crippen LogP contribution in [0.3, 0.4) is 0 Å². The van der Waals surface area contributed by atoms with Gasteiger partial charge >= 0.3 is 0 Å². The number of imidazole rings is 1. The van der Waals surface area contributed by atoms with Crippen molar-refractivity contribution in [3.05, 3.63) is 66.0 Å². The first-order valence-electron chi connectivity index (χ1n) is 11.6. The summed E-state index contributed by atoms with van der Waals surface area (Å²) < 4.78 is 1.80. The van der Waals surface area contributed by atoms with E-state index in [-0.39, 0.29) is 5.91 Å². The Morgan fingerprint density at radius 1 is 1.14 bits per heavy atom. The highest BCUT2D eigenvalue weighted by Crippen LogP contribution is 2.31. The maximum Gasteiger partial charge on any atom is 0.251 e. The van der Waals surface area contributed by atoms with Crippen molar-refractivity contribution >= 4 is 29.0 Å².